The van der Waals surface area contributed by atoms with Crippen LogP contribution in [-0.2, 0) is 6.18 Å². The predicted octanol–water partition coefficient (Wildman–Crippen LogP) is 2.92. The number of aromatic nitrogens is 3. The van der Waals surface area contributed by atoms with Crippen molar-refractivity contribution >= 4 is 16.5 Å². The Labute approximate surface area is 128 Å². The Kier molecular flexibility index (Phi) is 3.90. The van der Waals surface area contributed by atoms with E-state index in [-0.39, 0.29) is 12.0 Å². The van der Waals surface area contributed by atoms with Crippen molar-refractivity contribution in [2.75, 3.05) is 18.0 Å². The van der Waals surface area contributed by atoms with E-state index in [1.807, 2.05) is 6.92 Å². The molecule has 0 N–H and O–H groups in total. The first-order valence-corrected chi connectivity index (χ1v) is 7.48. The van der Waals surface area contributed by atoms with Gasteiger partial charge in [0, 0.05) is 25.2 Å². The summed E-state index contributed by atoms with van der Waals surface area (Å²) in [5, 5.41) is 9.78. The number of ether oxygens (including phenoxy) is 1. The number of hydrogen-bond donors (Lipinski definition) is 0. The van der Waals surface area contributed by atoms with Gasteiger partial charge in [-0.2, -0.15) is 13.2 Å². The molecular formula is C13H13F3N4OS. The lowest BCUT2D eigenvalue weighted by Crippen LogP contribution is -2.24. The van der Waals surface area contributed by atoms with E-state index < -0.39 is 11.7 Å². The molecule has 1 aliphatic rings. The van der Waals surface area contributed by atoms with Crippen molar-refractivity contribution in [3.8, 4) is 5.88 Å². The van der Waals surface area contributed by atoms with Gasteiger partial charge in [0.25, 0.3) is 0 Å². The molecule has 2 aromatic rings. The van der Waals surface area contributed by atoms with Gasteiger partial charge < -0.3 is 9.64 Å². The highest BCUT2D eigenvalue weighted by atomic mass is 32.1. The first-order chi connectivity index (χ1) is 10.4. The number of aryl methyl sites for hydroxylation is 1. The minimum absolute atomic E-state index is 0.117. The quantitative estimate of drug-likeness (QED) is 0.866. The lowest BCUT2D eigenvalue weighted by molar-refractivity contribution is -0.137. The van der Waals surface area contributed by atoms with Gasteiger partial charge in [0.2, 0.25) is 11.0 Å². The maximum absolute atomic E-state index is 12.5. The van der Waals surface area contributed by atoms with Crippen molar-refractivity contribution < 1.29 is 17.9 Å². The molecule has 1 aliphatic heterocycles. The molecule has 0 radical (unpaired) electrons. The standard InChI is InChI=1S/C13H13F3N4OS/c1-8-18-19-12(22-8)20-5-4-10(7-20)21-11-3-2-9(6-17-11)13(14,15)16/h2-3,6,10H,4-5,7H2,1H3. The highest BCUT2D eigenvalue weighted by molar-refractivity contribution is 7.15. The molecule has 0 aromatic carbocycles. The summed E-state index contributed by atoms with van der Waals surface area (Å²) >= 11 is 1.51. The van der Waals surface area contributed by atoms with E-state index in [1.165, 1.54) is 17.4 Å². The van der Waals surface area contributed by atoms with Crippen molar-refractivity contribution in [2.45, 2.75) is 25.6 Å². The maximum Gasteiger partial charge on any atom is 0.417 e. The molecule has 5 nitrogen and oxygen atoms in total. The van der Waals surface area contributed by atoms with Crippen LogP contribution in [0.25, 0.3) is 0 Å². The first kappa shape index (κ1) is 15.0. The lowest BCUT2D eigenvalue weighted by Gasteiger charge is -2.15. The monoisotopic (exact) mass is 330 g/mol. The van der Waals surface area contributed by atoms with Crippen molar-refractivity contribution in [3.05, 3.63) is 28.9 Å². The molecule has 0 saturated carbocycles. The van der Waals surface area contributed by atoms with E-state index in [4.69, 9.17) is 4.74 Å². The van der Waals surface area contributed by atoms with Gasteiger partial charge in [-0.25, -0.2) is 4.98 Å². The molecule has 118 valence electrons. The molecule has 0 aliphatic carbocycles. The van der Waals surface area contributed by atoms with Crippen molar-refractivity contribution in [2.24, 2.45) is 0 Å². The second-order valence-corrected chi connectivity index (χ2v) is 6.12. The molecule has 2 aromatic heterocycles. The fraction of sp³-hybridized carbons (Fsp3) is 0.462. The summed E-state index contributed by atoms with van der Waals surface area (Å²) in [6.45, 7) is 3.29. The van der Waals surface area contributed by atoms with Crippen LogP contribution in [0.4, 0.5) is 18.3 Å². The fourth-order valence-electron chi connectivity index (χ4n) is 2.20. The first-order valence-electron chi connectivity index (χ1n) is 6.67. The topological polar surface area (TPSA) is 51.1 Å². The average molecular weight is 330 g/mol. The SMILES string of the molecule is Cc1nnc(N2CCC(Oc3ccc(C(F)(F)F)cn3)C2)s1. The summed E-state index contributed by atoms with van der Waals surface area (Å²) in [5.41, 5.74) is -0.780. The van der Waals surface area contributed by atoms with Gasteiger partial charge in [-0.1, -0.05) is 11.3 Å². The zero-order valence-corrected chi connectivity index (χ0v) is 12.5. The minimum Gasteiger partial charge on any atom is -0.472 e. The number of anilines is 1. The lowest BCUT2D eigenvalue weighted by atomic mass is 10.3. The molecule has 0 amide bonds. The smallest absolute Gasteiger partial charge is 0.417 e. The summed E-state index contributed by atoms with van der Waals surface area (Å²) in [5.74, 6) is 0.202. The van der Waals surface area contributed by atoms with Crippen molar-refractivity contribution in [3.63, 3.8) is 0 Å². The molecule has 3 rings (SSSR count). The second-order valence-electron chi connectivity index (χ2n) is 4.96. The Morgan fingerprint density at radius 1 is 1.32 bits per heavy atom. The van der Waals surface area contributed by atoms with Crippen LogP contribution in [0.3, 0.4) is 0 Å². The summed E-state index contributed by atoms with van der Waals surface area (Å²) < 4.78 is 43.0. The number of halogens is 3. The number of hydrogen-bond acceptors (Lipinski definition) is 6. The van der Waals surface area contributed by atoms with E-state index in [1.54, 1.807) is 0 Å². The third kappa shape index (κ3) is 3.29. The summed E-state index contributed by atoms with van der Waals surface area (Å²) in [4.78, 5) is 5.78. The van der Waals surface area contributed by atoms with Gasteiger partial charge in [-0.3, -0.25) is 0 Å². The Balaban J connectivity index is 1.60. The van der Waals surface area contributed by atoms with Gasteiger partial charge in [0.1, 0.15) is 11.1 Å². The molecule has 9 heteroatoms. The average Bonchev–Trinajstić information content (AvgIpc) is 3.07. The Morgan fingerprint density at radius 3 is 2.73 bits per heavy atom. The van der Waals surface area contributed by atoms with Crippen LogP contribution in [0.5, 0.6) is 5.88 Å². The van der Waals surface area contributed by atoms with Crippen LogP contribution in [0.15, 0.2) is 18.3 Å². The zero-order chi connectivity index (χ0) is 15.7. The molecule has 1 fully saturated rings. The largest absolute Gasteiger partial charge is 0.472 e. The van der Waals surface area contributed by atoms with Crippen LogP contribution in [0.2, 0.25) is 0 Å². The second kappa shape index (κ2) is 5.71. The minimum atomic E-state index is -4.38. The molecule has 0 bridgehead atoms. The summed E-state index contributed by atoms with van der Waals surface area (Å²) in [6, 6.07) is 2.23. The number of alkyl halides is 3. The molecule has 1 atom stereocenters. The van der Waals surface area contributed by atoms with E-state index >= 15 is 0 Å². The molecule has 1 saturated heterocycles. The molecule has 3 heterocycles. The van der Waals surface area contributed by atoms with Crippen LogP contribution in [-0.4, -0.2) is 34.4 Å². The Bertz CT molecular complexity index is 643. The van der Waals surface area contributed by atoms with Gasteiger partial charge in [0.05, 0.1) is 12.1 Å². The van der Waals surface area contributed by atoms with Gasteiger partial charge in [-0.05, 0) is 13.0 Å². The normalized spacial score (nSPS) is 18.7. The van der Waals surface area contributed by atoms with Crippen LogP contribution in [0, 0.1) is 6.92 Å². The fourth-order valence-corrected chi connectivity index (χ4v) is 2.92. The zero-order valence-electron chi connectivity index (χ0n) is 11.7. The summed E-state index contributed by atoms with van der Waals surface area (Å²) in [6.07, 6.45) is -2.95. The van der Waals surface area contributed by atoms with E-state index in [2.05, 4.69) is 20.1 Å². The van der Waals surface area contributed by atoms with Crippen LogP contribution < -0.4 is 9.64 Å². The predicted molar refractivity (Wildman–Crippen MR) is 75.1 cm³/mol. The molecular weight excluding hydrogens is 317 g/mol. The third-order valence-corrected chi connectivity index (χ3v) is 4.18. The van der Waals surface area contributed by atoms with Gasteiger partial charge >= 0.3 is 6.18 Å². The van der Waals surface area contributed by atoms with Gasteiger partial charge in [0.15, 0.2) is 0 Å². The highest BCUT2D eigenvalue weighted by Crippen LogP contribution is 2.30. The number of pyridine rings is 1. The van der Waals surface area contributed by atoms with Gasteiger partial charge in [-0.15, -0.1) is 10.2 Å². The van der Waals surface area contributed by atoms with E-state index in [0.717, 1.165) is 35.4 Å². The van der Waals surface area contributed by atoms with Crippen molar-refractivity contribution in [1.29, 1.82) is 0 Å². The van der Waals surface area contributed by atoms with Crippen molar-refractivity contribution in [1.82, 2.24) is 15.2 Å². The van der Waals surface area contributed by atoms with E-state index in [0.29, 0.717) is 6.54 Å². The maximum atomic E-state index is 12.5. The molecule has 0 spiro atoms. The van der Waals surface area contributed by atoms with Crippen LogP contribution >= 0.6 is 11.3 Å². The van der Waals surface area contributed by atoms with Crippen LogP contribution in [0.1, 0.15) is 17.0 Å². The number of nitrogens with zero attached hydrogens (tertiary/aromatic N) is 4. The molecule has 22 heavy (non-hydrogen) atoms. The van der Waals surface area contributed by atoms with E-state index in [9.17, 15) is 13.2 Å². The number of rotatable bonds is 3. The highest BCUT2D eigenvalue weighted by Gasteiger charge is 2.31. The third-order valence-electron chi connectivity index (χ3n) is 3.28. The Morgan fingerprint density at radius 2 is 2.14 bits per heavy atom. The molecule has 1 unspecified atom stereocenters. The summed E-state index contributed by atoms with van der Waals surface area (Å²) in [7, 11) is 0. The Hall–Kier alpha value is -1.90.